The Hall–Kier alpha value is -2.67. The number of rotatable bonds is 6. The zero-order valence-corrected chi connectivity index (χ0v) is 15.7. The maximum Gasteiger partial charge on any atom is 0.305 e. The van der Waals surface area contributed by atoms with Gasteiger partial charge < -0.3 is 15.3 Å². The number of carboxylic acids is 1. The summed E-state index contributed by atoms with van der Waals surface area (Å²) in [4.78, 5) is 34.7. The van der Waals surface area contributed by atoms with E-state index in [1.807, 2.05) is 30.0 Å². The Bertz CT molecular complexity index is 853. The minimum absolute atomic E-state index is 0.0533. The van der Waals surface area contributed by atoms with E-state index < -0.39 is 17.9 Å². The molecule has 8 heteroatoms. The van der Waals surface area contributed by atoms with Crippen molar-refractivity contribution >= 4 is 29.4 Å². The van der Waals surface area contributed by atoms with Crippen molar-refractivity contribution in [3.63, 3.8) is 0 Å². The summed E-state index contributed by atoms with van der Waals surface area (Å²) in [5.74, 6) is -1.06. The fourth-order valence-corrected chi connectivity index (χ4v) is 3.38. The fourth-order valence-electron chi connectivity index (χ4n) is 3.20. The quantitative estimate of drug-likeness (QED) is 0.789. The monoisotopic (exact) mass is 388 g/mol. The molecule has 1 amide bonds. The molecular weight excluding hydrogens is 368 g/mol. The third-order valence-corrected chi connectivity index (χ3v) is 4.86. The van der Waals surface area contributed by atoms with E-state index in [-0.39, 0.29) is 17.1 Å². The molecule has 0 spiro atoms. The van der Waals surface area contributed by atoms with Crippen molar-refractivity contribution in [2.45, 2.75) is 32.2 Å². The molecule has 0 aliphatic carbocycles. The molecule has 0 radical (unpaired) electrons. The highest BCUT2D eigenvalue weighted by molar-refractivity contribution is 6.33. The summed E-state index contributed by atoms with van der Waals surface area (Å²) < 4.78 is 0. The average molecular weight is 389 g/mol. The van der Waals surface area contributed by atoms with Crippen LogP contribution in [0.15, 0.2) is 30.5 Å². The summed E-state index contributed by atoms with van der Waals surface area (Å²) >= 11 is 6.14. The van der Waals surface area contributed by atoms with Crippen molar-refractivity contribution in [1.82, 2.24) is 15.3 Å². The van der Waals surface area contributed by atoms with Crippen molar-refractivity contribution in [2.75, 3.05) is 18.0 Å². The van der Waals surface area contributed by atoms with Crippen molar-refractivity contribution in [3.05, 3.63) is 52.3 Å². The van der Waals surface area contributed by atoms with E-state index in [9.17, 15) is 14.7 Å². The molecule has 0 saturated carbocycles. The zero-order valence-electron chi connectivity index (χ0n) is 15.0. The highest BCUT2D eigenvalue weighted by atomic mass is 35.5. The second-order valence-corrected chi connectivity index (χ2v) is 6.95. The van der Waals surface area contributed by atoms with Crippen LogP contribution in [-0.4, -0.2) is 40.0 Å². The SMILES string of the molecule is Cc1ccccc1[C@@H](CC(=O)O)NC(=O)c1nc(N2CCCC2)ncc1Cl. The number of carbonyl (C=O) groups excluding carboxylic acids is 1. The lowest BCUT2D eigenvalue weighted by Crippen LogP contribution is -2.32. The normalized spacial score (nSPS) is 14.8. The summed E-state index contributed by atoms with van der Waals surface area (Å²) in [5, 5.41) is 12.2. The van der Waals surface area contributed by atoms with Gasteiger partial charge in [-0.25, -0.2) is 9.97 Å². The van der Waals surface area contributed by atoms with Gasteiger partial charge in [0.1, 0.15) is 0 Å². The predicted octanol–water partition coefficient (Wildman–Crippen LogP) is 2.98. The molecule has 0 bridgehead atoms. The summed E-state index contributed by atoms with van der Waals surface area (Å²) in [6.45, 7) is 3.56. The highest BCUT2D eigenvalue weighted by Gasteiger charge is 2.24. The summed E-state index contributed by atoms with van der Waals surface area (Å²) in [6.07, 6.45) is 3.29. The number of nitrogens with one attached hydrogen (secondary N) is 1. The number of aromatic nitrogens is 2. The van der Waals surface area contributed by atoms with Crippen LogP contribution >= 0.6 is 11.6 Å². The van der Waals surface area contributed by atoms with Crippen molar-refractivity contribution in [2.24, 2.45) is 0 Å². The smallest absolute Gasteiger partial charge is 0.305 e. The van der Waals surface area contributed by atoms with Crippen LogP contribution in [0.3, 0.4) is 0 Å². The molecule has 7 nitrogen and oxygen atoms in total. The Kier molecular flexibility index (Phi) is 5.91. The van der Waals surface area contributed by atoms with Crippen LogP contribution in [0.1, 0.15) is 46.9 Å². The number of hydrogen-bond donors (Lipinski definition) is 2. The standard InChI is InChI=1S/C19H21ClN4O3/c1-12-6-2-3-7-13(12)15(10-16(25)26)22-18(27)17-14(20)11-21-19(23-17)24-8-4-5-9-24/h2-3,6-7,11,15H,4-5,8-10H2,1H3,(H,22,27)(H,25,26)/t15-/m1/s1. The molecule has 1 aliphatic rings. The van der Waals surface area contributed by atoms with E-state index in [1.165, 1.54) is 6.20 Å². The lowest BCUT2D eigenvalue weighted by Gasteiger charge is -2.20. The Morgan fingerprint density at radius 3 is 2.67 bits per heavy atom. The number of hydrogen-bond acceptors (Lipinski definition) is 5. The molecule has 2 aromatic rings. The van der Waals surface area contributed by atoms with Gasteiger partial charge in [0, 0.05) is 13.1 Å². The third-order valence-electron chi connectivity index (χ3n) is 4.58. The van der Waals surface area contributed by atoms with Crippen molar-refractivity contribution < 1.29 is 14.7 Å². The molecule has 1 saturated heterocycles. The van der Waals surface area contributed by atoms with Gasteiger partial charge in [0.05, 0.1) is 23.7 Å². The maximum atomic E-state index is 12.8. The van der Waals surface area contributed by atoms with Crippen LogP contribution in [0, 0.1) is 6.92 Å². The van der Waals surface area contributed by atoms with Crippen LogP contribution in [-0.2, 0) is 4.79 Å². The summed E-state index contributed by atoms with van der Waals surface area (Å²) in [7, 11) is 0. The molecule has 1 atom stereocenters. The number of nitrogens with zero attached hydrogens (tertiary/aromatic N) is 3. The van der Waals surface area contributed by atoms with Gasteiger partial charge in [-0.3, -0.25) is 9.59 Å². The maximum absolute atomic E-state index is 12.8. The number of aliphatic carboxylic acids is 1. The van der Waals surface area contributed by atoms with Gasteiger partial charge in [0.15, 0.2) is 5.69 Å². The molecular formula is C19H21ClN4O3. The van der Waals surface area contributed by atoms with Crippen LogP contribution in [0.25, 0.3) is 0 Å². The van der Waals surface area contributed by atoms with E-state index in [0.717, 1.165) is 37.1 Å². The van der Waals surface area contributed by atoms with Gasteiger partial charge in [-0.1, -0.05) is 35.9 Å². The predicted molar refractivity (Wildman–Crippen MR) is 102 cm³/mol. The number of carboxylic acid groups (broad SMARTS) is 1. The fraction of sp³-hybridized carbons (Fsp3) is 0.368. The molecule has 1 aromatic heterocycles. The van der Waals surface area contributed by atoms with Crippen molar-refractivity contribution in [1.29, 1.82) is 0 Å². The molecule has 3 rings (SSSR count). The largest absolute Gasteiger partial charge is 0.481 e. The van der Waals surface area contributed by atoms with Crippen LogP contribution in [0.4, 0.5) is 5.95 Å². The first-order valence-corrected chi connectivity index (χ1v) is 9.19. The molecule has 2 heterocycles. The number of benzene rings is 1. The third kappa shape index (κ3) is 4.54. The second kappa shape index (κ2) is 8.35. The first-order chi connectivity index (χ1) is 13.0. The minimum Gasteiger partial charge on any atom is -0.481 e. The lowest BCUT2D eigenvalue weighted by molar-refractivity contribution is -0.137. The van der Waals surface area contributed by atoms with Gasteiger partial charge in [-0.15, -0.1) is 0 Å². The first-order valence-electron chi connectivity index (χ1n) is 8.81. The molecule has 1 aliphatic heterocycles. The van der Waals surface area contributed by atoms with Crippen LogP contribution < -0.4 is 10.2 Å². The number of halogens is 1. The summed E-state index contributed by atoms with van der Waals surface area (Å²) in [5.41, 5.74) is 1.70. The molecule has 27 heavy (non-hydrogen) atoms. The molecule has 2 N–H and O–H groups in total. The molecule has 0 unspecified atom stereocenters. The number of aryl methyl sites for hydroxylation is 1. The molecule has 142 valence electrons. The Labute approximate surface area is 162 Å². The van der Waals surface area contributed by atoms with E-state index >= 15 is 0 Å². The van der Waals surface area contributed by atoms with Gasteiger partial charge in [0.2, 0.25) is 5.95 Å². The van der Waals surface area contributed by atoms with Crippen molar-refractivity contribution in [3.8, 4) is 0 Å². The lowest BCUT2D eigenvalue weighted by atomic mass is 9.98. The first kappa shape index (κ1) is 19.1. The highest BCUT2D eigenvalue weighted by Crippen LogP contribution is 2.24. The second-order valence-electron chi connectivity index (χ2n) is 6.54. The number of amides is 1. The van der Waals surface area contributed by atoms with Crippen LogP contribution in [0.5, 0.6) is 0 Å². The zero-order chi connectivity index (χ0) is 19.4. The number of anilines is 1. The van der Waals surface area contributed by atoms with E-state index in [4.69, 9.17) is 11.6 Å². The van der Waals surface area contributed by atoms with Gasteiger partial charge in [-0.05, 0) is 30.9 Å². The topological polar surface area (TPSA) is 95.4 Å². The molecule has 1 aromatic carbocycles. The van der Waals surface area contributed by atoms with E-state index in [2.05, 4.69) is 15.3 Å². The van der Waals surface area contributed by atoms with Gasteiger partial charge in [-0.2, -0.15) is 0 Å². The Balaban J connectivity index is 1.86. The van der Waals surface area contributed by atoms with Crippen LogP contribution in [0.2, 0.25) is 5.02 Å². The van der Waals surface area contributed by atoms with Gasteiger partial charge in [0.25, 0.3) is 5.91 Å². The van der Waals surface area contributed by atoms with Gasteiger partial charge >= 0.3 is 5.97 Å². The number of carbonyl (C=O) groups is 2. The van der Waals surface area contributed by atoms with E-state index in [0.29, 0.717) is 5.95 Å². The Morgan fingerprint density at radius 1 is 1.30 bits per heavy atom. The minimum atomic E-state index is -1.00. The molecule has 1 fully saturated rings. The Morgan fingerprint density at radius 2 is 2.00 bits per heavy atom. The van der Waals surface area contributed by atoms with E-state index in [1.54, 1.807) is 6.07 Å². The average Bonchev–Trinajstić information content (AvgIpc) is 3.16. The summed E-state index contributed by atoms with van der Waals surface area (Å²) in [6, 6.07) is 6.67.